The van der Waals surface area contributed by atoms with Gasteiger partial charge >= 0.3 is 0 Å². The van der Waals surface area contributed by atoms with E-state index in [1.54, 1.807) is 6.20 Å². The molecule has 2 aromatic rings. The zero-order valence-electron chi connectivity index (χ0n) is 12.2. The number of hydrogen-bond donors (Lipinski definition) is 1. The summed E-state index contributed by atoms with van der Waals surface area (Å²) in [5.74, 6) is 0.612. The Morgan fingerprint density at radius 1 is 1.45 bits per heavy atom. The first-order chi connectivity index (χ1) is 10.8. The highest BCUT2D eigenvalue weighted by Gasteiger charge is 2.53. The molecule has 6 nitrogen and oxygen atoms in total. The third kappa shape index (κ3) is 1.92. The Balaban J connectivity index is 1.35. The molecule has 5 heterocycles. The van der Waals surface area contributed by atoms with E-state index in [4.69, 9.17) is 4.74 Å². The van der Waals surface area contributed by atoms with Gasteiger partial charge in [0.1, 0.15) is 15.9 Å². The first-order valence-electron chi connectivity index (χ1n) is 7.75. The Morgan fingerprint density at radius 2 is 2.45 bits per heavy atom. The van der Waals surface area contributed by atoms with Crippen molar-refractivity contribution in [3.05, 3.63) is 18.3 Å². The van der Waals surface area contributed by atoms with Gasteiger partial charge in [0.05, 0.1) is 6.54 Å². The molecule has 7 heteroatoms. The second-order valence-corrected chi connectivity index (χ2v) is 7.31. The van der Waals surface area contributed by atoms with E-state index in [2.05, 4.69) is 25.2 Å². The van der Waals surface area contributed by atoms with Gasteiger partial charge in [-0.25, -0.2) is 15.0 Å². The smallest absolute Gasteiger partial charge is 0.291 e. The normalized spacial score (nSPS) is 33.2. The van der Waals surface area contributed by atoms with Crippen LogP contribution in [-0.4, -0.2) is 52.7 Å². The fourth-order valence-electron chi connectivity index (χ4n) is 3.87. The van der Waals surface area contributed by atoms with Crippen LogP contribution < -0.4 is 5.32 Å². The van der Waals surface area contributed by atoms with Gasteiger partial charge in [-0.15, -0.1) is 0 Å². The predicted molar refractivity (Wildman–Crippen MR) is 86.3 cm³/mol. The van der Waals surface area contributed by atoms with Crippen LogP contribution in [0.4, 0.5) is 5.13 Å². The van der Waals surface area contributed by atoms with Crippen LogP contribution in [-0.2, 0) is 4.74 Å². The van der Waals surface area contributed by atoms with Gasteiger partial charge in [-0.05, 0) is 31.5 Å². The molecule has 3 aliphatic heterocycles. The number of hydrogen-bond acceptors (Lipinski definition) is 7. The summed E-state index contributed by atoms with van der Waals surface area (Å²) in [6.45, 7) is 4.13. The molecule has 1 N–H and O–H groups in total. The maximum absolute atomic E-state index is 6.27. The molecule has 5 rings (SSSR count). The van der Waals surface area contributed by atoms with Gasteiger partial charge in [0, 0.05) is 25.2 Å². The standard InChI is InChI=1S/C15H17N5OS/c1-4-11-12(16-5-1)22-14(18-11)19-13-17-8-15(21-13)9-20-6-2-3-10(15)7-20/h1,4-5,10H,2-3,6-9H2,(H,17,18,19)/t10-,15?/m1/s1. The van der Waals surface area contributed by atoms with E-state index in [-0.39, 0.29) is 5.60 Å². The summed E-state index contributed by atoms with van der Waals surface area (Å²) in [7, 11) is 0. The largest absolute Gasteiger partial charge is 0.455 e. The van der Waals surface area contributed by atoms with Gasteiger partial charge < -0.3 is 4.74 Å². The van der Waals surface area contributed by atoms with Crippen LogP contribution >= 0.6 is 11.3 Å². The number of aliphatic imine (C=N–C) groups is 1. The van der Waals surface area contributed by atoms with Gasteiger partial charge in [-0.3, -0.25) is 10.2 Å². The van der Waals surface area contributed by atoms with Crippen molar-refractivity contribution in [2.24, 2.45) is 10.9 Å². The molecule has 2 unspecified atom stereocenters. The third-order valence-corrected chi connectivity index (χ3v) is 5.81. The highest BCUT2D eigenvalue weighted by atomic mass is 32.1. The molecule has 114 valence electrons. The minimum absolute atomic E-state index is 0.103. The first-order valence-corrected chi connectivity index (χ1v) is 8.57. The minimum atomic E-state index is -0.103. The number of piperidine rings is 1. The lowest BCUT2D eigenvalue weighted by Crippen LogP contribution is -2.41. The van der Waals surface area contributed by atoms with Crippen LogP contribution in [0.1, 0.15) is 12.8 Å². The average Bonchev–Trinajstić information content (AvgIpc) is 3.17. The summed E-state index contributed by atoms with van der Waals surface area (Å²) in [6, 6.07) is 4.49. The molecule has 3 atom stereocenters. The molecular weight excluding hydrogens is 298 g/mol. The van der Waals surface area contributed by atoms with Gasteiger partial charge in [0.25, 0.3) is 6.02 Å². The topological polar surface area (TPSA) is 62.6 Å². The van der Waals surface area contributed by atoms with Crippen molar-refractivity contribution < 1.29 is 4.74 Å². The molecule has 1 spiro atoms. The molecule has 2 bridgehead atoms. The maximum Gasteiger partial charge on any atom is 0.291 e. The van der Waals surface area contributed by atoms with Crippen molar-refractivity contribution in [3.63, 3.8) is 0 Å². The highest BCUT2D eigenvalue weighted by molar-refractivity contribution is 7.21. The second-order valence-electron chi connectivity index (χ2n) is 6.33. The number of fused-ring (bicyclic) bond motifs is 4. The van der Waals surface area contributed by atoms with Crippen LogP contribution in [0.25, 0.3) is 10.3 Å². The molecule has 2 saturated heterocycles. The lowest BCUT2D eigenvalue weighted by molar-refractivity contribution is 0.0588. The van der Waals surface area contributed by atoms with Crippen LogP contribution in [0.5, 0.6) is 0 Å². The molecule has 2 aromatic heterocycles. The number of nitrogens with one attached hydrogen (secondary N) is 1. The number of anilines is 1. The van der Waals surface area contributed by atoms with Crippen molar-refractivity contribution in [2.75, 3.05) is 31.5 Å². The average molecular weight is 315 g/mol. The minimum Gasteiger partial charge on any atom is -0.455 e. The van der Waals surface area contributed by atoms with Crippen molar-refractivity contribution in [1.82, 2.24) is 14.9 Å². The Kier molecular flexibility index (Phi) is 2.69. The van der Waals surface area contributed by atoms with Crippen molar-refractivity contribution in [1.29, 1.82) is 0 Å². The Hall–Kier alpha value is -1.73. The summed E-state index contributed by atoms with van der Waals surface area (Å²) < 4.78 is 6.27. The van der Waals surface area contributed by atoms with Crippen molar-refractivity contribution >= 4 is 32.8 Å². The summed E-state index contributed by atoms with van der Waals surface area (Å²) >= 11 is 1.53. The summed E-state index contributed by atoms with van der Waals surface area (Å²) in [6.07, 6.45) is 4.32. The number of pyridine rings is 1. The van der Waals surface area contributed by atoms with E-state index >= 15 is 0 Å². The van der Waals surface area contributed by atoms with Crippen LogP contribution in [0, 0.1) is 5.92 Å². The lowest BCUT2D eigenvalue weighted by Gasteiger charge is -2.28. The Labute approximate surface area is 132 Å². The zero-order chi connectivity index (χ0) is 14.6. The van der Waals surface area contributed by atoms with E-state index in [0.29, 0.717) is 11.9 Å². The van der Waals surface area contributed by atoms with Crippen molar-refractivity contribution in [3.8, 4) is 0 Å². The predicted octanol–water partition coefficient (Wildman–Crippen LogP) is 1.95. The Morgan fingerprint density at radius 3 is 3.36 bits per heavy atom. The fourth-order valence-corrected chi connectivity index (χ4v) is 4.67. The van der Waals surface area contributed by atoms with E-state index < -0.39 is 0 Å². The molecule has 0 aromatic carbocycles. The molecular formula is C15H17N5OS. The number of aromatic nitrogens is 2. The molecule has 3 aliphatic rings. The SMILES string of the molecule is c1cnc2sc(NC3=NCC4(CN5CCC[C@@H]4C5)O3)nc2c1. The number of nitrogens with zero attached hydrogens (tertiary/aromatic N) is 4. The molecule has 0 saturated carbocycles. The third-order valence-electron chi connectivity index (χ3n) is 4.91. The number of ether oxygens (including phenoxy) is 1. The zero-order valence-corrected chi connectivity index (χ0v) is 13.0. The van der Waals surface area contributed by atoms with Crippen LogP contribution in [0.15, 0.2) is 23.3 Å². The Bertz CT molecular complexity index is 726. The monoisotopic (exact) mass is 315 g/mol. The van der Waals surface area contributed by atoms with Gasteiger partial charge in [0.15, 0.2) is 5.13 Å². The molecule has 22 heavy (non-hydrogen) atoms. The van der Waals surface area contributed by atoms with Gasteiger partial charge in [-0.1, -0.05) is 11.3 Å². The van der Waals surface area contributed by atoms with E-state index in [1.165, 1.54) is 30.7 Å². The molecule has 2 fully saturated rings. The fraction of sp³-hybridized carbons (Fsp3) is 0.533. The van der Waals surface area contributed by atoms with Gasteiger partial charge in [-0.2, -0.15) is 0 Å². The maximum atomic E-state index is 6.27. The highest BCUT2D eigenvalue weighted by Crippen LogP contribution is 2.40. The first kappa shape index (κ1) is 12.8. The number of rotatable bonds is 1. The number of amidine groups is 1. The molecule has 0 radical (unpaired) electrons. The number of thiazole rings is 1. The second kappa shape index (κ2) is 4.63. The lowest BCUT2D eigenvalue weighted by atomic mass is 9.87. The van der Waals surface area contributed by atoms with Gasteiger partial charge in [0.2, 0.25) is 0 Å². The van der Waals surface area contributed by atoms with E-state index in [1.807, 2.05) is 12.1 Å². The van der Waals surface area contributed by atoms with Crippen LogP contribution in [0.3, 0.4) is 0 Å². The van der Waals surface area contributed by atoms with E-state index in [0.717, 1.165) is 35.1 Å². The quantitative estimate of drug-likeness (QED) is 0.871. The van der Waals surface area contributed by atoms with Crippen LogP contribution in [0.2, 0.25) is 0 Å². The van der Waals surface area contributed by atoms with Crippen molar-refractivity contribution in [2.45, 2.75) is 18.4 Å². The molecule has 0 aliphatic carbocycles. The summed E-state index contributed by atoms with van der Waals surface area (Å²) in [4.78, 5) is 16.9. The summed E-state index contributed by atoms with van der Waals surface area (Å²) in [5.41, 5.74) is 0.805. The molecule has 0 amide bonds. The summed E-state index contributed by atoms with van der Waals surface area (Å²) in [5, 5.41) is 4.04. The van der Waals surface area contributed by atoms with E-state index in [9.17, 15) is 0 Å².